The molecule has 1 aliphatic carbocycles. The molecule has 1 aliphatic rings. The quantitative estimate of drug-likeness (QED) is 0.758. The summed E-state index contributed by atoms with van der Waals surface area (Å²) in [4.78, 5) is 23.7. The number of aldehydes is 1. The molecule has 2 unspecified atom stereocenters. The predicted molar refractivity (Wildman–Crippen MR) is 108 cm³/mol. The van der Waals surface area contributed by atoms with Crippen molar-refractivity contribution in [1.29, 1.82) is 0 Å². The molecule has 0 aliphatic heterocycles. The van der Waals surface area contributed by atoms with Gasteiger partial charge in [-0.1, -0.05) is 48.5 Å². The van der Waals surface area contributed by atoms with Crippen LogP contribution in [0, 0.1) is 0 Å². The normalized spacial score (nSPS) is 15.3. The molecule has 0 saturated heterocycles. The molecule has 5 heteroatoms. The van der Waals surface area contributed by atoms with Crippen LogP contribution in [0.3, 0.4) is 0 Å². The van der Waals surface area contributed by atoms with Gasteiger partial charge in [0.1, 0.15) is 18.9 Å². The second-order valence-corrected chi connectivity index (χ2v) is 8.07. The van der Waals surface area contributed by atoms with E-state index in [1.54, 1.807) is 6.92 Å². The molecule has 2 aromatic rings. The minimum absolute atomic E-state index is 0.0175. The van der Waals surface area contributed by atoms with E-state index in [1.165, 1.54) is 11.1 Å². The van der Waals surface area contributed by atoms with Gasteiger partial charge in [-0.2, -0.15) is 0 Å². The maximum atomic E-state index is 12.3. The Balaban J connectivity index is 1.65. The molecule has 28 heavy (non-hydrogen) atoms. The third-order valence-corrected chi connectivity index (χ3v) is 4.82. The first-order valence-electron chi connectivity index (χ1n) is 9.55. The summed E-state index contributed by atoms with van der Waals surface area (Å²) in [5.41, 5.74) is 4.22. The van der Waals surface area contributed by atoms with Crippen LogP contribution in [0.4, 0.5) is 4.79 Å². The molecule has 0 spiro atoms. The van der Waals surface area contributed by atoms with Crippen LogP contribution in [0.25, 0.3) is 11.1 Å². The van der Waals surface area contributed by atoms with Crippen molar-refractivity contribution in [2.75, 3.05) is 6.61 Å². The first-order chi connectivity index (χ1) is 13.3. The second kappa shape index (κ2) is 8.15. The van der Waals surface area contributed by atoms with E-state index in [1.807, 2.05) is 45.0 Å². The summed E-state index contributed by atoms with van der Waals surface area (Å²) in [6.45, 7) is 7.67. The van der Waals surface area contributed by atoms with E-state index >= 15 is 0 Å². The summed E-state index contributed by atoms with van der Waals surface area (Å²) < 4.78 is 11.2. The number of hydrogen-bond acceptors (Lipinski definition) is 4. The number of carbonyl (C=O) groups is 2. The van der Waals surface area contributed by atoms with Crippen molar-refractivity contribution in [2.45, 2.75) is 51.4 Å². The average molecular weight is 381 g/mol. The minimum Gasteiger partial charge on any atom is -0.449 e. The highest BCUT2D eigenvalue weighted by molar-refractivity contribution is 5.79. The zero-order valence-electron chi connectivity index (χ0n) is 16.8. The zero-order chi connectivity index (χ0) is 20.3. The van der Waals surface area contributed by atoms with Gasteiger partial charge in [-0.3, -0.25) is 0 Å². The lowest BCUT2D eigenvalue weighted by Crippen LogP contribution is -2.47. The Morgan fingerprint density at radius 1 is 1.07 bits per heavy atom. The Labute approximate surface area is 166 Å². The molecular weight excluding hydrogens is 354 g/mol. The lowest BCUT2D eigenvalue weighted by Gasteiger charge is -2.28. The Morgan fingerprint density at radius 2 is 1.61 bits per heavy atom. The third-order valence-electron chi connectivity index (χ3n) is 4.82. The van der Waals surface area contributed by atoms with Crippen LogP contribution < -0.4 is 5.32 Å². The topological polar surface area (TPSA) is 64.6 Å². The van der Waals surface area contributed by atoms with Gasteiger partial charge in [-0.15, -0.1) is 0 Å². The number of amides is 1. The van der Waals surface area contributed by atoms with Crippen molar-refractivity contribution in [2.24, 2.45) is 0 Å². The van der Waals surface area contributed by atoms with Gasteiger partial charge in [-0.25, -0.2) is 4.79 Å². The Morgan fingerprint density at radius 3 is 2.11 bits per heavy atom. The summed E-state index contributed by atoms with van der Waals surface area (Å²) in [6.07, 6.45) is -0.404. The Bertz CT molecular complexity index is 810. The van der Waals surface area contributed by atoms with Crippen molar-refractivity contribution in [3.63, 3.8) is 0 Å². The van der Waals surface area contributed by atoms with Crippen molar-refractivity contribution < 1.29 is 19.1 Å². The summed E-state index contributed by atoms with van der Waals surface area (Å²) in [7, 11) is 0. The van der Waals surface area contributed by atoms with Gasteiger partial charge in [-0.05, 0) is 49.9 Å². The molecule has 0 fully saturated rings. The van der Waals surface area contributed by atoms with E-state index in [2.05, 4.69) is 29.6 Å². The third kappa shape index (κ3) is 4.42. The lowest BCUT2D eigenvalue weighted by atomic mass is 9.98. The fraction of sp³-hybridized carbons (Fsp3) is 0.391. The number of carbonyl (C=O) groups excluding carboxylic acids is 2. The summed E-state index contributed by atoms with van der Waals surface area (Å²) in [5, 5.41) is 2.61. The van der Waals surface area contributed by atoms with Gasteiger partial charge in [0.25, 0.3) is 0 Å². The molecular formula is C23H27NO4. The maximum absolute atomic E-state index is 12.3. The van der Waals surface area contributed by atoms with Crippen molar-refractivity contribution in [3.8, 4) is 11.1 Å². The largest absolute Gasteiger partial charge is 0.449 e. The number of nitrogens with one attached hydrogen (secondary N) is 1. The highest BCUT2D eigenvalue weighted by atomic mass is 16.6. The fourth-order valence-corrected chi connectivity index (χ4v) is 3.67. The molecule has 0 aromatic heterocycles. The summed E-state index contributed by atoms with van der Waals surface area (Å²) >= 11 is 0. The van der Waals surface area contributed by atoms with Crippen LogP contribution in [0.5, 0.6) is 0 Å². The number of rotatable bonds is 6. The van der Waals surface area contributed by atoms with Gasteiger partial charge in [0.15, 0.2) is 0 Å². The first kappa shape index (κ1) is 20.1. The summed E-state index contributed by atoms with van der Waals surface area (Å²) in [6, 6.07) is 15.5. The average Bonchev–Trinajstić information content (AvgIpc) is 2.97. The van der Waals surface area contributed by atoms with Crippen molar-refractivity contribution in [1.82, 2.24) is 5.32 Å². The number of hydrogen-bond donors (Lipinski definition) is 1. The van der Waals surface area contributed by atoms with E-state index < -0.39 is 23.8 Å². The van der Waals surface area contributed by atoms with Crippen LogP contribution in [0.15, 0.2) is 48.5 Å². The standard InChI is InChI=1S/C23H27NO4/c1-15(28-23(2,3)4)21(13-25)24-22(26)27-14-20-18-11-7-5-9-16(18)17-10-6-8-12-19(17)20/h5-13,15,20-21H,14H2,1-4H3,(H,24,26). The molecule has 2 aromatic carbocycles. The van der Waals surface area contributed by atoms with Crippen molar-refractivity contribution >= 4 is 12.4 Å². The molecule has 0 heterocycles. The first-order valence-corrected chi connectivity index (χ1v) is 9.55. The molecule has 0 saturated carbocycles. The van der Waals surface area contributed by atoms with E-state index in [0.29, 0.717) is 6.29 Å². The highest BCUT2D eigenvalue weighted by Crippen LogP contribution is 2.44. The maximum Gasteiger partial charge on any atom is 0.407 e. The van der Waals surface area contributed by atoms with Gasteiger partial charge < -0.3 is 19.6 Å². The van der Waals surface area contributed by atoms with E-state index in [-0.39, 0.29) is 12.5 Å². The van der Waals surface area contributed by atoms with E-state index in [9.17, 15) is 9.59 Å². The van der Waals surface area contributed by atoms with Crippen LogP contribution >= 0.6 is 0 Å². The minimum atomic E-state index is -0.769. The molecule has 0 bridgehead atoms. The Kier molecular flexibility index (Phi) is 5.84. The number of benzene rings is 2. The van der Waals surface area contributed by atoms with Crippen LogP contribution in [0.1, 0.15) is 44.7 Å². The van der Waals surface area contributed by atoms with Gasteiger partial charge in [0.2, 0.25) is 0 Å². The summed E-state index contributed by atoms with van der Waals surface area (Å²) in [5.74, 6) is -0.0175. The van der Waals surface area contributed by atoms with Gasteiger partial charge in [0, 0.05) is 5.92 Å². The van der Waals surface area contributed by atoms with Gasteiger partial charge in [0.05, 0.1) is 11.7 Å². The number of ether oxygens (including phenoxy) is 2. The Hall–Kier alpha value is -2.66. The molecule has 1 N–H and O–H groups in total. The molecule has 5 nitrogen and oxygen atoms in total. The lowest BCUT2D eigenvalue weighted by molar-refractivity contribution is -0.117. The fourth-order valence-electron chi connectivity index (χ4n) is 3.67. The SMILES string of the molecule is CC(OC(C)(C)C)C(C=O)NC(=O)OCC1c2ccccc2-c2ccccc21. The highest BCUT2D eigenvalue weighted by Gasteiger charge is 2.30. The molecule has 148 valence electrons. The smallest absolute Gasteiger partial charge is 0.407 e. The molecule has 2 atom stereocenters. The van der Waals surface area contributed by atoms with E-state index in [4.69, 9.17) is 9.47 Å². The van der Waals surface area contributed by atoms with Crippen molar-refractivity contribution in [3.05, 3.63) is 59.7 Å². The second-order valence-electron chi connectivity index (χ2n) is 8.07. The monoisotopic (exact) mass is 381 g/mol. The van der Waals surface area contributed by atoms with E-state index in [0.717, 1.165) is 11.1 Å². The van der Waals surface area contributed by atoms with Crippen LogP contribution in [-0.2, 0) is 14.3 Å². The van der Waals surface area contributed by atoms with Crippen LogP contribution in [-0.4, -0.2) is 36.7 Å². The number of fused-ring (bicyclic) bond motifs is 3. The molecule has 0 radical (unpaired) electrons. The van der Waals surface area contributed by atoms with Crippen LogP contribution in [0.2, 0.25) is 0 Å². The molecule has 1 amide bonds. The molecule has 3 rings (SSSR count). The zero-order valence-corrected chi connectivity index (χ0v) is 16.8. The van der Waals surface area contributed by atoms with Gasteiger partial charge >= 0.3 is 6.09 Å². The number of alkyl carbamates (subject to hydrolysis) is 1. The predicted octanol–water partition coefficient (Wildman–Crippen LogP) is 4.30.